The lowest BCUT2D eigenvalue weighted by molar-refractivity contribution is 0.534. The molecular weight excluding hydrogens is 250 g/mol. The second-order valence-electron chi connectivity index (χ2n) is 5.11. The third kappa shape index (κ3) is 3.68. The fourth-order valence-electron chi connectivity index (χ4n) is 2.38. The van der Waals surface area contributed by atoms with Crippen LogP contribution >= 0.6 is 11.3 Å². The van der Waals surface area contributed by atoms with Crippen LogP contribution in [-0.2, 0) is 6.42 Å². The molecule has 0 radical (unpaired) electrons. The van der Waals surface area contributed by atoms with Gasteiger partial charge in [-0.2, -0.15) is 0 Å². The van der Waals surface area contributed by atoms with E-state index in [-0.39, 0.29) is 0 Å². The van der Waals surface area contributed by atoms with E-state index in [0.29, 0.717) is 6.04 Å². The van der Waals surface area contributed by atoms with E-state index in [2.05, 4.69) is 61.8 Å². The van der Waals surface area contributed by atoms with Gasteiger partial charge in [-0.25, -0.2) is 0 Å². The maximum Gasteiger partial charge on any atom is 0.0458 e. The van der Waals surface area contributed by atoms with Crippen molar-refractivity contribution in [2.75, 3.05) is 6.54 Å². The fourth-order valence-corrected chi connectivity index (χ4v) is 3.38. The summed E-state index contributed by atoms with van der Waals surface area (Å²) in [6, 6.07) is 11.4. The summed E-state index contributed by atoms with van der Waals surface area (Å²) >= 11 is 1.87. The van der Waals surface area contributed by atoms with Crippen molar-refractivity contribution in [3.05, 3.63) is 57.3 Å². The molecule has 0 aliphatic carbocycles. The normalized spacial score (nSPS) is 12.6. The molecule has 0 aliphatic rings. The Morgan fingerprint density at radius 2 is 1.89 bits per heavy atom. The zero-order valence-electron chi connectivity index (χ0n) is 12.1. The highest BCUT2D eigenvalue weighted by Gasteiger charge is 2.15. The van der Waals surface area contributed by atoms with Gasteiger partial charge in [-0.3, -0.25) is 0 Å². The van der Waals surface area contributed by atoms with E-state index in [1.54, 1.807) is 0 Å². The van der Waals surface area contributed by atoms with Crippen molar-refractivity contribution in [3.8, 4) is 0 Å². The highest BCUT2D eigenvalue weighted by molar-refractivity contribution is 7.10. The molecule has 1 unspecified atom stereocenters. The summed E-state index contributed by atoms with van der Waals surface area (Å²) in [5.74, 6) is 0. The van der Waals surface area contributed by atoms with Crippen molar-refractivity contribution in [1.82, 2.24) is 5.32 Å². The van der Waals surface area contributed by atoms with E-state index < -0.39 is 0 Å². The average Bonchev–Trinajstić information content (AvgIpc) is 2.83. The quantitative estimate of drug-likeness (QED) is 0.808. The summed E-state index contributed by atoms with van der Waals surface area (Å²) in [7, 11) is 0. The van der Waals surface area contributed by atoms with Gasteiger partial charge in [-0.1, -0.05) is 31.2 Å². The Morgan fingerprint density at radius 3 is 2.53 bits per heavy atom. The van der Waals surface area contributed by atoms with E-state index in [9.17, 15) is 0 Å². The number of hydrogen-bond donors (Lipinski definition) is 1. The smallest absolute Gasteiger partial charge is 0.0458 e. The highest BCUT2D eigenvalue weighted by Crippen LogP contribution is 2.27. The minimum atomic E-state index is 0.445. The third-order valence-corrected chi connectivity index (χ3v) is 4.68. The lowest BCUT2D eigenvalue weighted by atomic mass is 9.99. The minimum Gasteiger partial charge on any atom is -0.309 e. The van der Waals surface area contributed by atoms with Gasteiger partial charge in [-0.15, -0.1) is 11.3 Å². The van der Waals surface area contributed by atoms with Crippen molar-refractivity contribution in [2.45, 2.75) is 39.7 Å². The fraction of sp³-hybridized carbons (Fsp3) is 0.412. The first-order chi connectivity index (χ1) is 9.22. The summed E-state index contributed by atoms with van der Waals surface area (Å²) in [6.45, 7) is 7.71. The molecule has 1 heterocycles. The molecule has 1 aromatic carbocycles. The van der Waals surface area contributed by atoms with Gasteiger partial charge in [-0.05, 0) is 61.4 Å². The molecule has 0 spiro atoms. The van der Waals surface area contributed by atoms with Crippen LogP contribution in [0.25, 0.3) is 0 Å². The lowest BCUT2D eigenvalue weighted by Crippen LogP contribution is -2.24. The first-order valence-corrected chi connectivity index (χ1v) is 7.92. The van der Waals surface area contributed by atoms with Crippen LogP contribution in [0.5, 0.6) is 0 Å². The van der Waals surface area contributed by atoms with Gasteiger partial charge in [0.05, 0.1) is 0 Å². The number of thiophene rings is 1. The summed E-state index contributed by atoms with van der Waals surface area (Å²) in [5, 5.41) is 5.90. The van der Waals surface area contributed by atoms with Crippen LogP contribution < -0.4 is 5.32 Å². The van der Waals surface area contributed by atoms with E-state index in [1.165, 1.54) is 28.0 Å². The average molecular weight is 273 g/mol. The van der Waals surface area contributed by atoms with Crippen molar-refractivity contribution in [2.24, 2.45) is 0 Å². The monoisotopic (exact) mass is 273 g/mol. The molecule has 0 aliphatic heterocycles. The summed E-state index contributed by atoms with van der Waals surface area (Å²) < 4.78 is 0. The Hall–Kier alpha value is -1.12. The Bertz CT molecular complexity index is 515. The van der Waals surface area contributed by atoms with Gasteiger partial charge in [0, 0.05) is 10.9 Å². The Kier molecular flexibility index (Phi) is 5.17. The molecule has 1 aromatic heterocycles. The van der Waals surface area contributed by atoms with Gasteiger partial charge in [0.15, 0.2) is 0 Å². The number of benzene rings is 1. The Labute approximate surface area is 120 Å². The van der Waals surface area contributed by atoms with Gasteiger partial charge in [0.1, 0.15) is 0 Å². The Balaban J connectivity index is 2.19. The molecule has 0 saturated carbocycles. The summed E-state index contributed by atoms with van der Waals surface area (Å²) in [5.41, 5.74) is 4.25. The minimum absolute atomic E-state index is 0.445. The molecule has 2 aromatic rings. The molecule has 19 heavy (non-hydrogen) atoms. The van der Waals surface area contributed by atoms with Crippen LogP contribution in [0.4, 0.5) is 0 Å². The van der Waals surface area contributed by atoms with Crippen LogP contribution in [0, 0.1) is 13.8 Å². The van der Waals surface area contributed by atoms with E-state index in [0.717, 1.165) is 13.0 Å². The predicted molar refractivity (Wildman–Crippen MR) is 85.0 cm³/mol. The van der Waals surface area contributed by atoms with Crippen LogP contribution in [0.2, 0.25) is 0 Å². The van der Waals surface area contributed by atoms with Gasteiger partial charge in [0.25, 0.3) is 0 Å². The number of rotatable bonds is 6. The molecule has 0 fully saturated rings. The molecule has 0 bridgehead atoms. The largest absolute Gasteiger partial charge is 0.309 e. The molecule has 1 atom stereocenters. The van der Waals surface area contributed by atoms with Gasteiger partial charge in [0.2, 0.25) is 0 Å². The van der Waals surface area contributed by atoms with Crippen LogP contribution in [0.15, 0.2) is 35.7 Å². The second kappa shape index (κ2) is 6.88. The topological polar surface area (TPSA) is 12.0 Å². The maximum absolute atomic E-state index is 3.70. The van der Waals surface area contributed by atoms with E-state index >= 15 is 0 Å². The zero-order chi connectivity index (χ0) is 13.7. The molecule has 0 amide bonds. The van der Waals surface area contributed by atoms with Gasteiger partial charge < -0.3 is 5.32 Å². The van der Waals surface area contributed by atoms with E-state index in [4.69, 9.17) is 0 Å². The maximum atomic E-state index is 3.70. The third-order valence-electron chi connectivity index (χ3n) is 3.54. The molecule has 1 N–H and O–H groups in total. The molecule has 1 nitrogen and oxygen atoms in total. The number of aryl methyl sites for hydroxylation is 2. The van der Waals surface area contributed by atoms with Crippen molar-refractivity contribution < 1.29 is 0 Å². The van der Waals surface area contributed by atoms with Crippen LogP contribution in [0.3, 0.4) is 0 Å². The molecule has 2 rings (SSSR count). The van der Waals surface area contributed by atoms with E-state index in [1.807, 2.05) is 11.3 Å². The first-order valence-electron chi connectivity index (χ1n) is 7.04. The molecule has 0 saturated heterocycles. The lowest BCUT2D eigenvalue weighted by Gasteiger charge is -2.19. The number of nitrogens with one attached hydrogen (secondary N) is 1. The van der Waals surface area contributed by atoms with Gasteiger partial charge >= 0.3 is 0 Å². The molecule has 2 heteroatoms. The van der Waals surface area contributed by atoms with Crippen molar-refractivity contribution in [3.63, 3.8) is 0 Å². The predicted octanol–water partition coefficient (Wildman–Crippen LogP) is 4.65. The van der Waals surface area contributed by atoms with Crippen molar-refractivity contribution >= 4 is 11.3 Å². The molecular formula is C17H23NS. The van der Waals surface area contributed by atoms with Crippen LogP contribution in [-0.4, -0.2) is 6.54 Å². The van der Waals surface area contributed by atoms with Crippen LogP contribution in [0.1, 0.15) is 41.0 Å². The number of hydrogen-bond acceptors (Lipinski definition) is 2. The first kappa shape index (κ1) is 14.3. The molecule has 102 valence electrons. The highest BCUT2D eigenvalue weighted by atomic mass is 32.1. The zero-order valence-corrected chi connectivity index (χ0v) is 12.9. The Morgan fingerprint density at radius 1 is 1.11 bits per heavy atom. The second-order valence-corrected chi connectivity index (χ2v) is 6.05. The summed E-state index contributed by atoms with van der Waals surface area (Å²) in [4.78, 5) is 1.48. The SMILES string of the molecule is CCCNC(Cc1ccccc1C)c1sccc1C. The van der Waals surface area contributed by atoms with Crippen molar-refractivity contribution in [1.29, 1.82) is 0 Å². The summed E-state index contributed by atoms with van der Waals surface area (Å²) in [6.07, 6.45) is 2.25. The standard InChI is InChI=1S/C17H23NS/c1-4-10-18-16(17-14(3)9-11-19-17)12-15-8-6-5-7-13(15)2/h5-9,11,16,18H,4,10,12H2,1-3H3.